The Bertz CT molecular complexity index is 1180. The number of benzene rings is 2. The van der Waals surface area contributed by atoms with Crippen LogP contribution >= 0.6 is 0 Å². The summed E-state index contributed by atoms with van der Waals surface area (Å²) in [5.41, 5.74) is 1.49. The molecule has 0 saturated carbocycles. The van der Waals surface area contributed by atoms with Crippen molar-refractivity contribution in [2.24, 2.45) is 0 Å². The van der Waals surface area contributed by atoms with Gasteiger partial charge in [0.25, 0.3) is 5.91 Å². The Labute approximate surface area is 170 Å². The van der Waals surface area contributed by atoms with E-state index in [0.29, 0.717) is 17.3 Å². The second-order valence-corrected chi connectivity index (χ2v) is 6.37. The molecule has 2 aromatic carbocycles. The molecule has 0 unspecified atom stereocenters. The highest BCUT2D eigenvalue weighted by molar-refractivity contribution is 5.92. The van der Waals surface area contributed by atoms with E-state index in [4.69, 9.17) is 4.74 Å². The van der Waals surface area contributed by atoms with Crippen LogP contribution in [0.25, 0.3) is 5.69 Å². The lowest BCUT2D eigenvalue weighted by atomic mass is 10.2. The Kier molecular flexibility index (Phi) is 5.47. The summed E-state index contributed by atoms with van der Waals surface area (Å²) < 4.78 is 33.4. The van der Waals surface area contributed by atoms with E-state index in [1.807, 2.05) is 0 Å². The van der Waals surface area contributed by atoms with Gasteiger partial charge in [0.2, 0.25) is 5.88 Å². The Morgan fingerprint density at radius 3 is 2.63 bits per heavy atom. The number of amides is 1. The zero-order valence-corrected chi connectivity index (χ0v) is 15.6. The molecule has 0 aliphatic heterocycles. The van der Waals surface area contributed by atoms with Gasteiger partial charge in [-0.3, -0.25) is 4.79 Å². The third-order valence-corrected chi connectivity index (χ3v) is 4.18. The topological polar surface area (TPSA) is 69.0 Å². The molecule has 4 aromatic rings. The zero-order chi connectivity index (χ0) is 20.9. The third-order valence-electron chi connectivity index (χ3n) is 4.18. The maximum absolute atomic E-state index is 13.4. The molecule has 4 rings (SSSR count). The van der Waals surface area contributed by atoms with Crippen LogP contribution < -0.4 is 10.1 Å². The largest absolute Gasteiger partial charge is 0.439 e. The van der Waals surface area contributed by atoms with Crippen molar-refractivity contribution in [1.82, 2.24) is 20.1 Å². The minimum Gasteiger partial charge on any atom is -0.439 e. The lowest BCUT2D eigenvalue weighted by Crippen LogP contribution is -2.23. The van der Waals surface area contributed by atoms with Gasteiger partial charge in [0.15, 0.2) is 5.69 Å². The van der Waals surface area contributed by atoms with Gasteiger partial charge in [-0.1, -0.05) is 6.07 Å². The quantitative estimate of drug-likeness (QED) is 0.519. The summed E-state index contributed by atoms with van der Waals surface area (Å²) in [6.45, 7) is 0.230. The highest BCUT2D eigenvalue weighted by Crippen LogP contribution is 2.20. The van der Waals surface area contributed by atoms with Gasteiger partial charge in [0.05, 0.1) is 5.69 Å². The van der Waals surface area contributed by atoms with E-state index < -0.39 is 0 Å². The summed E-state index contributed by atoms with van der Waals surface area (Å²) in [5.74, 6) is -0.336. The molecule has 2 aromatic heterocycles. The van der Waals surface area contributed by atoms with Gasteiger partial charge in [-0.25, -0.2) is 18.4 Å². The van der Waals surface area contributed by atoms with Crippen molar-refractivity contribution in [3.8, 4) is 17.3 Å². The molecule has 0 radical (unpaired) electrons. The first-order chi connectivity index (χ1) is 14.6. The molecule has 2 heterocycles. The van der Waals surface area contributed by atoms with Crippen molar-refractivity contribution < 1.29 is 18.3 Å². The van der Waals surface area contributed by atoms with E-state index in [1.165, 1.54) is 41.1 Å². The Morgan fingerprint density at radius 1 is 1.00 bits per heavy atom. The van der Waals surface area contributed by atoms with Crippen molar-refractivity contribution >= 4 is 5.91 Å². The van der Waals surface area contributed by atoms with Crippen molar-refractivity contribution in [2.45, 2.75) is 6.54 Å². The number of rotatable bonds is 6. The molecule has 0 saturated heterocycles. The van der Waals surface area contributed by atoms with Crippen LogP contribution in [0.5, 0.6) is 11.6 Å². The molecular weight excluding hydrogens is 390 g/mol. The lowest BCUT2D eigenvalue weighted by Gasteiger charge is -2.07. The normalized spacial score (nSPS) is 10.6. The second kappa shape index (κ2) is 8.52. The van der Waals surface area contributed by atoms with Crippen molar-refractivity contribution in [3.05, 3.63) is 102 Å². The Hall–Kier alpha value is -4.07. The molecule has 0 bridgehead atoms. The van der Waals surface area contributed by atoms with Gasteiger partial charge in [0, 0.05) is 25.0 Å². The standard InChI is InChI=1S/C22H16F2N4O2/c23-16-4-6-19(7-5-16)30-21-12-15(8-10-25-21)14-26-22(29)20-9-11-28(27-20)18-3-1-2-17(24)13-18/h1-13H,14H2,(H,26,29). The first kappa shape index (κ1) is 19.3. The Morgan fingerprint density at radius 2 is 1.83 bits per heavy atom. The first-order valence-corrected chi connectivity index (χ1v) is 9.05. The monoisotopic (exact) mass is 406 g/mol. The smallest absolute Gasteiger partial charge is 0.272 e. The third kappa shape index (κ3) is 4.67. The highest BCUT2D eigenvalue weighted by atomic mass is 19.1. The molecule has 0 aliphatic rings. The number of hydrogen-bond donors (Lipinski definition) is 1. The van der Waals surface area contributed by atoms with Gasteiger partial charge in [-0.15, -0.1) is 0 Å². The summed E-state index contributed by atoms with van der Waals surface area (Å²) in [6.07, 6.45) is 3.14. The van der Waals surface area contributed by atoms with Crippen LogP contribution in [0, 0.1) is 11.6 Å². The molecule has 30 heavy (non-hydrogen) atoms. The van der Waals surface area contributed by atoms with Gasteiger partial charge in [-0.2, -0.15) is 5.10 Å². The predicted molar refractivity (Wildman–Crippen MR) is 105 cm³/mol. The number of carbonyl (C=O) groups is 1. The van der Waals surface area contributed by atoms with Crippen LogP contribution in [0.15, 0.2) is 79.1 Å². The summed E-state index contributed by atoms with van der Waals surface area (Å²) in [7, 11) is 0. The zero-order valence-electron chi connectivity index (χ0n) is 15.6. The fourth-order valence-corrected chi connectivity index (χ4v) is 2.72. The van der Waals surface area contributed by atoms with Gasteiger partial charge < -0.3 is 10.1 Å². The minimum absolute atomic E-state index is 0.205. The fraction of sp³-hybridized carbons (Fsp3) is 0.0455. The molecule has 150 valence electrons. The van der Waals surface area contributed by atoms with Gasteiger partial charge >= 0.3 is 0 Å². The number of aromatic nitrogens is 3. The van der Waals surface area contributed by atoms with E-state index in [9.17, 15) is 13.6 Å². The van der Waals surface area contributed by atoms with Crippen LogP contribution in [0.4, 0.5) is 8.78 Å². The SMILES string of the molecule is O=C(NCc1ccnc(Oc2ccc(F)cc2)c1)c1ccn(-c2cccc(F)c2)n1. The second-order valence-electron chi connectivity index (χ2n) is 6.37. The number of carbonyl (C=O) groups excluding carboxylic acids is 1. The number of hydrogen-bond acceptors (Lipinski definition) is 4. The van der Waals surface area contributed by atoms with Crippen LogP contribution in [-0.2, 0) is 6.54 Å². The van der Waals surface area contributed by atoms with E-state index in [1.54, 1.807) is 42.7 Å². The van der Waals surface area contributed by atoms with E-state index in [0.717, 1.165) is 5.56 Å². The fourth-order valence-electron chi connectivity index (χ4n) is 2.72. The molecule has 8 heteroatoms. The molecule has 1 N–H and O–H groups in total. The van der Waals surface area contributed by atoms with Crippen LogP contribution in [0.1, 0.15) is 16.1 Å². The van der Waals surface area contributed by atoms with E-state index >= 15 is 0 Å². The number of halogens is 2. The molecule has 0 atom stereocenters. The van der Waals surface area contributed by atoms with Gasteiger partial charge in [0.1, 0.15) is 17.4 Å². The maximum atomic E-state index is 13.4. The summed E-state index contributed by atoms with van der Waals surface area (Å²) >= 11 is 0. The van der Waals surface area contributed by atoms with E-state index in [-0.39, 0.29) is 29.8 Å². The van der Waals surface area contributed by atoms with Crippen molar-refractivity contribution in [1.29, 1.82) is 0 Å². The number of nitrogens with one attached hydrogen (secondary N) is 1. The summed E-state index contributed by atoms with van der Waals surface area (Å²) in [6, 6.07) is 16.5. The van der Waals surface area contributed by atoms with Crippen molar-refractivity contribution in [2.75, 3.05) is 0 Å². The Balaban J connectivity index is 1.39. The van der Waals surface area contributed by atoms with Crippen LogP contribution in [-0.4, -0.2) is 20.7 Å². The molecular formula is C22H16F2N4O2. The first-order valence-electron chi connectivity index (χ1n) is 9.05. The molecule has 0 spiro atoms. The maximum Gasteiger partial charge on any atom is 0.272 e. The number of ether oxygens (including phenoxy) is 1. The van der Waals surface area contributed by atoms with E-state index in [2.05, 4.69) is 15.4 Å². The summed E-state index contributed by atoms with van der Waals surface area (Å²) in [5, 5.41) is 6.95. The van der Waals surface area contributed by atoms with Gasteiger partial charge in [-0.05, 0) is 60.2 Å². The molecule has 0 aliphatic carbocycles. The average molecular weight is 406 g/mol. The van der Waals surface area contributed by atoms with Crippen molar-refractivity contribution in [3.63, 3.8) is 0 Å². The highest BCUT2D eigenvalue weighted by Gasteiger charge is 2.11. The number of nitrogens with zero attached hydrogens (tertiary/aromatic N) is 3. The summed E-state index contributed by atoms with van der Waals surface area (Å²) in [4.78, 5) is 16.5. The number of pyridine rings is 1. The van der Waals surface area contributed by atoms with Crippen LogP contribution in [0.2, 0.25) is 0 Å². The molecule has 0 fully saturated rings. The predicted octanol–water partition coefficient (Wildman–Crippen LogP) is 4.27. The molecule has 1 amide bonds. The molecule has 6 nitrogen and oxygen atoms in total. The lowest BCUT2D eigenvalue weighted by molar-refractivity contribution is 0.0945. The average Bonchev–Trinajstić information content (AvgIpc) is 3.25. The minimum atomic E-state index is -0.384. The van der Waals surface area contributed by atoms with Crippen LogP contribution in [0.3, 0.4) is 0 Å².